The summed E-state index contributed by atoms with van der Waals surface area (Å²) in [5.41, 5.74) is 0. The highest BCUT2D eigenvalue weighted by Crippen LogP contribution is 2.17. The smallest absolute Gasteiger partial charge is 0.307 e. The quantitative estimate of drug-likeness (QED) is 0.757. The fourth-order valence-electron chi connectivity index (χ4n) is 1.77. The van der Waals surface area contributed by atoms with E-state index in [0.29, 0.717) is 0 Å². The summed E-state index contributed by atoms with van der Waals surface area (Å²) in [6.07, 6.45) is 1.79. The van der Waals surface area contributed by atoms with E-state index in [-0.39, 0.29) is 11.9 Å². The first-order chi connectivity index (χ1) is 7.36. The first-order valence-corrected chi connectivity index (χ1v) is 5.86. The minimum atomic E-state index is -0.918. The van der Waals surface area contributed by atoms with Crippen LogP contribution in [-0.2, 0) is 9.59 Å². The molecule has 94 valence electrons. The summed E-state index contributed by atoms with van der Waals surface area (Å²) in [7, 11) is 1.76. The first-order valence-electron chi connectivity index (χ1n) is 5.86. The number of carboxylic acids is 1. The number of rotatable bonds is 6. The van der Waals surface area contributed by atoms with Crippen molar-refractivity contribution in [3.63, 3.8) is 0 Å². The predicted molar refractivity (Wildman–Crippen MR) is 63.1 cm³/mol. The maximum absolute atomic E-state index is 12.0. The lowest BCUT2D eigenvalue weighted by atomic mass is 9.94. The van der Waals surface area contributed by atoms with E-state index < -0.39 is 17.8 Å². The van der Waals surface area contributed by atoms with E-state index in [1.807, 2.05) is 13.8 Å². The summed E-state index contributed by atoms with van der Waals surface area (Å²) in [6.45, 7) is 7.32. The van der Waals surface area contributed by atoms with Crippen LogP contribution in [0.4, 0.5) is 0 Å². The number of carboxylic acid groups (broad SMARTS) is 1. The normalized spacial score (nSPS) is 14.6. The number of hydrogen-bond acceptors (Lipinski definition) is 2. The Kier molecular flexibility index (Phi) is 6.08. The molecule has 4 nitrogen and oxygen atoms in total. The average Bonchev–Trinajstić information content (AvgIpc) is 2.27. The maximum atomic E-state index is 12.0. The van der Waals surface area contributed by atoms with Gasteiger partial charge in [-0.25, -0.2) is 0 Å². The van der Waals surface area contributed by atoms with Crippen LogP contribution in [0.5, 0.6) is 0 Å². The minimum Gasteiger partial charge on any atom is -0.481 e. The molecular formula is C12H23NO3. The highest BCUT2D eigenvalue weighted by molar-refractivity contribution is 5.84. The molecule has 2 unspecified atom stereocenters. The third-order valence-electron chi connectivity index (χ3n) is 3.37. The van der Waals surface area contributed by atoms with Crippen molar-refractivity contribution < 1.29 is 14.7 Å². The maximum Gasteiger partial charge on any atom is 0.307 e. The fourth-order valence-corrected chi connectivity index (χ4v) is 1.77. The van der Waals surface area contributed by atoms with E-state index >= 15 is 0 Å². The van der Waals surface area contributed by atoms with E-state index in [0.717, 1.165) is 12.8 Å². The van der Waals surface area contributed by atoms with Crippen LogP contribution in [-0.4, -0.2) is 35.0 Å². The van der Waals surface area contributed by atoms with Crippen LogP contribution in [0.1, 0.15) is 40.5 Å². The first kappa shape index (κ1) is 14.9. The molecule has 4 heteroatoms. The van der Waals surface area contributed by atoms with Crippen LogP contribution in [0.25, 0.3) is 0 Å². The Balaban J connectivity index is 4.60. The van der Waals surface area contributed by atoms with Crippen molar-refractivity contribution in [2.75, 3.05) is 7.05 Å². The Hall–Kier alpha value is -1.06. The van der Waals surface area contributed by atoms with Crippen LogP contribution in [0.2, 0.25) is 0 Å². The van der Waals surface area contributed by atoms with Gasteiger partial charge >= 0.3 is 5.97 Å². The number of aliphatic carboxylic acids is 1. The van der Waals surface area contributed by atoms with Crippen molar-refractivity contribution >= 4 is 11.9 Å². The molecule has 0 aromatic heterocycles. The summed E-state index contributed by atoms with van der Waals surface area (Å²) < 4.78 is 0. The average molecular weight is 229 g/mol. The zero-order valence-electron chi connectivity index (χ0n) is 10.9. The predicted octanol–water partition coefficient (Wildman–Crippen LogP) is 1.99. The number of hydrogen-bond donors (Lipinski definition) is 1. The lowest BCUT2D eigenvalue weighted by molar-refractivity contribution is -0.149. The number of amides is 1. The monoisotopic (exact) mass is 229 g/mol. The summed E-state index contributed by atoms with van der Waals surface area (Å²) >= 11 is 0. The Bertz CT molecular complexity index is 249. The van der Waals surface area contributed by atoms with Gasteiger partial charge in [-0.05, 0) is 12.8 Å². The summed E-state index contributed by atoms with van der Waals surface area (Å²) in [5.74, 6) is -2.10. The SMILES string of the molecule is CCC(CC)N(C)C(=O)C(C)C(C)C(=O)O. The zero-order chi connectivity index (χ0) is 12.9. The molecule has 0 fully saturated rings. The van der Waals surface area contributed by atoms with E-state index in [4.69, 9.17) is 5.11 Å². The second kappa shape index (κ2) is 6.51. The molecule has 0 aromatic rings. The molecule has 0 saturated carbocycles. The summed E-state index contributed by atoms with van der Waals surface area (Å²) in [5, 5.41) is 8.87. The van der Waals surface area contributed by atoms with Crippen LogP contribution in [0.15, 0.2) is 0 Å². The molecule has 1 N–H and O–H groups in total. The summed E-state index contributed by atoms with van der Waals surface area (Å²) in [4.78, 5) is 24.5. The van der Waals surface area contributed by atoms with E-state index in [1.165, 1.54) is 0 Å². The van der Waals surface area contributed by atoms with Gasteiger partial charge in [-0.2, -0.15) is 0 Å². The molecule has 0 aliphatic rings. The summed E-state index contributed by atoms with van der Waals surface area (Å²) in [6, 6.07) is 0.205. The van der Waals surface area contributed by atoms with Gasteiger partial charge in [-0.1, -0.05) is 27.7 Å². The van der Waals surface area contributed by atoms with Crippen molar-refractivity contribution in [3.8, 4) is 0 Å². The van der Waals surface area contributed by atoms with Gasteiger partial charge in [0.25, 0.3) is 0 Å². The second-order valence-electron chi connectivity index (χ2n) is 4.34. The molecule has 0 aliphatic heterocycles. The second-order valence-corrected chi connectivity index (χ2v) is 4.34. The van der Waals surface area contributed by atoms with Crippen LogP contribution < -0.4 is 0 Å². The van der Waals surface area contributed by atoms with Crippen molar-refractivity contribution in [2.45, 2.75) is 46.6 Å². The minimum absolute atomic E-state index is 0.0800. The molecular weight excluding hydrogens is 206 g/mol. The molecule has 2 atom stereocenters. The third-order valence-corrected chi connectivity index (χ3v) is 3.37. The van der Waals surface area contributed by atoms with Crippen LogP contribution in [0.3, 0.4) is 0 Å². The molecule has 16 heavy (non-hydrogen) atoms. The van der Waals surface area contributed by atoms with Crippen molar-refractivity contribution in [1.82, 2.24) is 4.90 Å². The number of nitrogens with zero attached hydrogens (tertiary/aromatic N) is 1. The molecule has 0 radical (unpaired) electrons. The molecule has 0 rings (SSSR count). The van der Waals surface area contributed by atoms with Gasteiger partial charge in [0.1, 0.15) is 0 Å². The van der Waals surface area contributed by atoms with Crippen LogP contribution in [0, 0.1) is 11.8 Å². The van der Waals surface area contributed by atoms with Gasteiger partial charge in [0, 0.05) is 19.0 Å². The van der Waals surface area contributed by atoms with E-state index in [2.05, 4.69) is 0 Å². The molecule has 0 heterocycles. The lowest BCUT2D eigenvalue weighted by Gasteiger charge is -2.30. The number of carbonyl (C=O) groups excluding carboxylic acids is 1. The van der Waals surface area contributed by atoms with Gasteiger partial charge in [0.05, 0.1) is 5.92 Å². The largest absolute Gasteiger partial charge is 0.481 e. The molecule has 0 aliphatic carbocycles. The van der Waals surface area contributed by atoms with Crippen molar-refractivity contribution in [3.05, 3.63) is 0 Å². The standard InChI is InChI=1S/C12H23NO3/c1-6-10(7-2)13(5)11(14)8(3)9(4)12(15)16/h8-10H,6-7H2,1-5H3,(H,15,16). The Morgan fingerprint density at radius 1 is 1.12 bits per heavy atom. The Morgan fingerprint density at radius 2 is 1.56 bits per heavy atom. The highest BCUT2D eigenvalue weighted by Gasteiger charge is 2.29. The Morgan fingerprint density at radius 3 is 1.88 bits per heavy atom. The fraction of sp³-hybridized carbons (Fsp3) is 0.833. The third kappa shape index (κ3) is 3.51. The van der Waals surface area contributed by atoms with E-state index in [1.54, 1.807) is 25.8 Å². The Labute approximate surface area is 97.6 Å². The molecule has 0 aromatic carbocycles. The van der Waals surface area contributed by atoms with Gasteiger partial charge < -0.3 is 10.0 Å². The van der Waals surface area contributed by atoms with E-state index in [9.17, 15) is 9.59 Å². The van der Waals surface area contributed by atoms with Crippen molar-refractivity contribution in [2.24, 2.45) is 11.8 Å². The number of carbonyl (C=O) groups is 2. The van der Waals surface area contributed by atoms with Gasteiger partial charge in [-0.3, -0.25) is 9.59 Å². The molecule has 0 saturated heterocycles. The molecule has 1 amide bonds. The van der Waals surface area contributed by atoms with Gasteiger partial charge in [0.15, 0.2) is 0 Å². The van der Waals surface area contributed by atoms with Crippen molar-refractivity contribution in [1.29, 1.82) is 0 Å². The zero-order valence-corrected chi connectivity index (χ0v) is 10.9. The van der Waals surface area contributed by atoms with Crippen LogP contribution >= 0.6 is 0 Å². The molecule has 0 bridgehead atoms. The lowest BCUT2D eigenvalue weighted by Crippen LogP contribution is -2.42. The van der Waals surface area contributed by atoms with Gasteiger partial charge in [-0.15, -0.1) is 0 Å². The highest BCUT2D eigenvalue weighted by atomic mass is 16.4. The topological polar surface area (TPSA) is 57.6 Å². The van der Waals surface area contributed by atoms with Gasteiger partial charge in [0.2, 0.25) is 5.91 Å². The molecule has 0 spiro atoms.